The van der Waals surface area contributed by atoms with Gasteiger partial charge in [0.05, 0.1) is 24.3 Å². The molecule has 1 unspecified atom stereocenters. The highest BCUT2D eigenvalue weighted by Crippen LogP contribution is 2.49. The lowest BCUT2D eigenvalue weighted by molar-refractivity contribution is -0.142. The highest BCUT2D eigenvalue weighted by atomic mass is 31.2. The summed E-state index contributed by atoms with van der Waals surface area (Å²) in [7, 11) is -3.11. The molecule has 1 aliphatic rings. The van der Waals surface area contributed by atoms with Crippen LogP contribution in [0.25, 0.3) is 11.0 Å². The monoisotopic (exact) mass is 552 g/mol. The van der Waals surface area contributed by atoms with Crippen molar-refractivity contribution in [2.75, 3.05) is 7.11 Å². The van der Waals surface area contributed by atoms with E-state index in [1.54, 1.807) is 37.3 Å². The highest BCUT2D eigenvalue weighted by molar-refractivity contribution is 7.52. The molecule has 3 aromatic rings. The van der Waals surface area contributed by atoms with Crippen LogP contribution in [0.4, 0.5) is 4.39 Å². The number of aryl methyl sites for hydroxylation is 1. The van der Waals surface area contributed by atoms with Gasteiger partial charge < -0.3 is 24.2 Å². The minimum absolute atomic E-state index is 0.149. The van der Waals surface area contributed by atoms with Crippen LogP contribution in [0.2, 0.25) is 0 Å². The number of benzene rings is 1. The number of esters is 1. The molecule has 0 saturated carbocycles. The van der Waals surface area contributed by atoms with Crippen molar-refractivity contribution in [1.29, 1.82) is 0 Å². The molecule has 38 heavy (non-hydrogen) atoms. The molecular formula is C24H30FN4O8P. The molecule has 1 aromatic carbocycles. The number of halogens is 1. The molecule has 206 valence electrons. The number of aliphatic hydroxyl groups excluding tert-OH is 1. The number of fused-ring (bicyclic) bond motifs is 1. The molecule has 0 radical (unpaired) electrons. The van der Waals surface area contributed by atoms with Crippen molar-refractivity contribution >= 4 is 24.7 Å². The van der Waals surface area contributed by atoms with Crippen molar-refractivity contribution in [2.45, 2.75) is 63.9 Å². The molecule has 0 aliphatic carbocycles. The predicted molar refractivity (Wildman–Crippen MR) is 133 cm³/mol. The van der Waals surface area contributed by atoms with Gasteiger partial charge in [0.2, 0.25) is 0 Å². The number of methoxy groups -OCH3 is 1. The standard InChI is InChI=1S/C24H30FN4O8P/c1-13-18-17(25)11-29(21(18)27-12-26-13)23-24(4,32)20(30)19(35-23)15(3)36-38(33,28-14(2)22(31)34-5)37-16-9-7-6-8-10-16/h6-12,14-15,19-20,23,30,32H,1-5H3,(H,28,33)/t14-,15+,19+,20+,23+,24+,38?/m0/s1. The molecular weight excluding hydrogens is 522 g/mol. The van der Waals surface area contributed by atoms with Gasteiger partial charge in [-0.15, -0.1) is 0 Å². The lowest BCUT2D eigenvalue weighted by atomic mass is 9.94. The third-order valence-corrected chi connectivity index (χ3v) is 8.11. The maximum atomic E-state index is 14.7. The van der Waals surface area contributed by atoms with Crippen LogP contribution >= 0.6 is 7.75 Å². The van der Waals surface area contributed by atoms with Gasteiger partial charge in [0.15, 0.2) is 12.0 Å². The fourth-order valence-electron chi connectivity index (χ4n) is 4.36. The molecule has 0 bridgehead atoms. The van der Waals surface area contributed by atoms with Crippen molar-refractivity contribution in [2.24, 2.45) is 0 Å². The molecule has 4 rings (SSSR count). The Balaban J connectivity index is 1.62. The third-order valence-electron chi connectivity index (χ3n) is 6.34. The number of aliphatic hydroxyl groups is 2. The quantitative estimate of drug-likeness (QED) is 0.265. The van der Waals surface area contributed by atoms with E-state index in [0.29, 0.717) is 5.69 Å². The van der Waals surface area contributed by atoms with Gasteiger partial charge in [-0.2, -0.15) is 5.09 Å². The second kappa shape index (κ2) is 10.7. The smallest absolute Gasteiger partial charge is 0.459 e. The zero-order chi connectivity index (χ0) is 27.8. The van der Waals surface area contributed by atoms with Gasteiger partial charge in [0.25, 0.3) is 0 Å². The summed E-state index contributed by atoms with van der Waals surface area (Å²) >= 11 is 0. The Morgan fingerprint density at radius 1 is 1.29 bits per heavy atom. The van der Waals surface area contributed by atoms with Crippen molar-refractivity contribution in [3.63, 3.8) is 0 Å². The van der Waals surface area contributed by atoms with Crippen LogP contribution in [-0.4, -0.2) is 67.8 Å². The first-order valence-electron chi connectivity index (χ1n) is 11.8. The van der Waals surface area contributed by atoms with Gasteiger partial charge in [-0.3, -0.25) is 13.9 Å². The van der Waals surface area contributed by atoms with Crippen LogP contribution in [0.3, 0.4) is 0 Å². The average Bonchev–Trinajstić information content (AvgIpc) is 3.32. The summed E-state index contributed by atoms with van der Waals surface area (Å²) in [6.07, 6.45) is -2.89. The summed E-state index contributed by atoms with van der Waals surface area (Å²) in [6.45, 7) is 5.81. The Hall–Kier alpha value is -2.93. The van der Waals surface area contributed by atoms with E-state index in [4.69, 9.17) is 18.5 Å². The van der Waals surface area contributed by atoms with Crippen LogP contribution in [0.15, 0.2) is 42.9 Å². The second-order valence-electron chi connectivity index (χ2n) is 9.25. The average molecular weight is 552 g/mol. The molecule has 14 heteroatoms. The molecule has 7 atom stereocenters. The topological polar surface area (TPSA) is 154 Å². The van der Waals surface area contributed by atoms with Crippen LogP contribution < -0.4 is 9.61 Å². The first-order valence-corrected chi connectivity index (χ1v) is 13.3. The van der Waals surface area contributed by atoms with Crippen LogP contribution in [0.1, 0.15) is 32.7 Å². The Morgan fingerprint density at radius 3 is 2.63 bits per heavy atom. The number of nitrogens with one attached hydrogen (secondary N) is 1. The van der Waals surface area contributed by atoms with E-state index in [-0.39, 0.29) is 16.8 Å². The van der Waals surface area contributed by atoms with Gasteiger partial charge in [-0.1, -0.05) is 18.2 Å². The highest BCUT2D eigenvalue weighted by Gasteiger charge is 2.56. The zero-order valence-corrected chi connectivity index (χ0v) is 22.3. The van der Waals surface area contributed by atoms with Crippen molar-refractivity contribution in [1.82, 2.24) is 19.6 Å². The Morgan fingerprint density at radius 2 is 1.97 bits per heavy atom. The summed E-state index contributed by atoms with van der Waals surface area (Å²) in [4.78, 5) is 20.1. The Kier molecular flexibility index (Phi) is 7.89. The predicted octanol–water partition coefficient (Wildman–Crippen LogP) is 2.63. The summed E-state index contributed by atoms with van der Waals surface area (Å²) in [6, 6.07) is 7.06. The van der Waals surface area contributed by atoms with Crippen molar-refractivity contribution in [3.05, 3.63) is 54.4 Å². The second-order valence-corrected chi connectivity index (χ2v) is 10.9. The maximum absolute atomic E-state index is 14.7. The minimum Gasteiger partial charge on any atom is -0.468 e. The minimum atomic E-state index is -4.29. The summed E-state index contributed by atoms with van der Waals surface area (Å²) in [5.41, 5.74) is -1.38. The number of hydrogen-bond acceptors (Lipinski definition) is 10. The number of carbonyl (C=O) groups excluding carboxylic acids is 1. The van der Waals surface area contributed by atoms with E-state index >= 15 is 0 Å². The van der Waals surface area contributed by atoms with Gasteiger partial charge in [0, 0.05) is 6.20 Å². The number of ether oxygens (including phenoxy) is 2. The summed E-state index contributed by atoms with van der Waals surface area (Å²) < 4.78 is 51.8. The van der Waals surface area contributed by atoms with Crippen LogP contribution in [0, 0.1) is 12.7 Å². The van der Waals surface area contributed by atoms with E-state index in [1.165, 1.54) is 38.8 Å². The van der Waals surface area contributed by atoms with E-state index in [0.717, 1.165) is 6.20 Å². The number of nitrogens with zero attached hydrogens (tertiary/aromatic N) is 3. The maximum Gasteiger partial charge on any atom is 0.459 e. The number of hydrogen-bond donors (Lipinski definition) is 3. The zero-order valence-electron chi connectivity index (χ0n) is 21.4. The number of aromatic nitrogens is 3. The lowest BCUT2D eigenvalue weighted by Gasteiger charge is -2.29. The third kappa shape index (κ3) is 5.31. The molecule has 1 fully saturated rings. The molecule has 1 saturated heterocycles. The number of para-hydroxylation sites is 1. The largest absolute Gasteiger partial charge is 0.468 e. The van der Waals surface area contributed by atoms with Crippen molar-refractivity contribution < 1.29 is 42.5 Å². The van der Waals surface area contributed by atoms with Gasteiger partial charge in [-0.05, 0) is 39.8 Å². The van der Waals surface area contributed by atoms with Crippen LogP contribution in [0.5, 0.6) is 5.75 Å². The van der Waals surface area contributed by atoms with Crippen molar-refractivity contribution in [3.8, 4) is 5.75 Å². The molecule has 3 N–H and O–H groups in total. The van der Waals surface area contributed by atoms with E-state index in [2.05, 4.69) is 15.1 Å². The van der Waals surface area contributed by atoms with E-state index in [1.807, 2.05) is 0 Å². The van der Waals surface area contributed by atoms with Gasteiger partial charge in [-0.25, -0.2) is 18.9 Å². The molecule has 1 aliphatic heterocycles. The van der Waals surface area contributed by atoms with Crippen LogP contribution in [-0.2, 0) is 23.4 Å². The normalized spacial score (nSPS) is 26.6. The van der Waals surface area contributed by atoms with Gasteiger partial charge >= 0.3 is 13.7 Å². The molecule has 3 heterocycles. The SMILES string of the molecule is COC(=O)[C@H](C)NP(=O)(Oc1ccccc1)O[C@H](C)[C@H]1O[C@@H](n2cc(F)c3c(C)ncnc32)[C@](C)(O)[C@@H]1O. The fraction of sp³-hybridized carbons (Fsp3) is 0.458. The lowest BCUT2D eigenvalue weighted by Crippen LogP contribution is -2.46. The van der Waals surface area contributed by atoms with E-state index in [9.17, 15) is 24.0 Å². The summed E-state index contributed by atoms with van der Waals surface area (Å²) in [5, 5.41) is 24.9. The number of rotatable bonds is 9. The number of carbonyl (C=O) groups is 1. The first kappa shape index (κ1) is 28.1. The Bertz CT molecular complexity index is 1350. The fourth-order valence-corrected chi connectivity index (χ4v) is 6.05. The first-order chi connectivity index (χ1) is 17.9. The van der Waals surface area contributed by atoms with E-state index < -0.39 is 55.7 Å². The molecule has 2 aromatic heterocycles. The molecule has 0 amide bonds. The van der Waals surface area contributed by atoms with Gasteiger partial charge in [0.1, 0.15) is 41.6 Å². The summed E-state index contributed by atoms with van der Waals surface area (Å²) in [5.74, 6) is -1.15. The Labute approximate surface area is 218 Å². The molecule has 12 nitrogen and oxygen atoms in total. The molecule has 0 spiro atoms.